The van der Waals surface area contributed by atoms with E-state index in [1.54, 1.807) is 17.8 Å². The van der Waals surface area contributed by atoms with Crippen LogP contribution < -0.4 is 5.73 Å². The second-order valence-corrected chi connectivity index (χ2v) is 6.81. The minimum atomic E-state index is -0.143. The highest BCUT2D eigenvalue weighted by Gasteiger charge is 2.12. The third-order valence-corrected chi connectivity index (χ3v) is 5.05. The van der Waals surface area contributed by atoms with Gasteiger partial charge in [0, 0.05) is 21.2 Å². The van der Waals surface area contributed by atoms with E-state index >= 15 is 0 Å². The molecule has 0 aliphatic rings. The van der Waals surface area contributed by atoms with E-state index in [-0.39, 0.29) is 6.04 Å². The molecule has 0 bridgehead atoms. The summed E-state index contributed by atoms with van der Waals surface area (Å²) in [6.45, 7) is 0. The first-order chi connectivity index (χ1) is 9.08. The summed E-state index contributed by atoms with van der Waals surface area (Å²) < 4.78 is 1.06. The predicted molar refractivity (Wildman–Crippen MR) is 88.3 cm³/mol. The fraction of sp³-hybridized carbons (Fsp3) is 0.143. The van der Waals surface area contributed by atoms with Gasteiger partial charge in [-0.15, -0.1) is 11.8 Å². The molecule has 0 aliphatic carbocycles. The maximum Gasteiger partial charge on any atom is 0.0640 e. The van der Waals surface area contributed by atoms with Crippen molar-refractivity contribution in [3.8, 4) is 0 Å². The van der Waals surface area contributed by atoms with Crippen LogP contribution in [0.5, 0.6) is 0 Å². The van der Waals surface area contributed by atoms with Gasteiger partial charge in [0.25, 0.3) is 0 Å². The minimum Gasteiger partial charge on any atom is -0.323 e. The van der Waals surface area contributed by atoms with Gasteiger partial charge in [0.05, 0.1) is 10.0 Å². The summed E-state index contributed by atoms with van der Waals surface area (Å²) in [5.41, 5.74) is 7.06. The average Bonchev–Trinajstić information content (AvgIpc) is 2.39. The summed E-state index contributed by atoms with van der Waals surface area (Å²) in [5.74, 6) is 0.747. The van der Waals surface area contributed by atoms with Gasteiger partial charge in [0.15, 0.2) is 0 Å². The van der Waals surface area contributed by atoms with Crippen LogP contribution in [0.1, 0.15) is 11.6 Å². The van der Waals surface area contributed by atoms with Crippen molar-refractivity contribution in [2.45, 2.75) is 10.9 Å². The zero-order valence-corrected chi connectivity index (χ0v) is 13.9. The van der Waals surface area contributed by atoms with Crippen molar-refractivity contribution >= 4 is 50.9 Å². The van der Waals surface area contributed by atoms with Crippen LogP contribution in [-0.4, -0.2) is 5.75 Å². The van der Waals surface area contributed by atoms with Crippen LogP contribution in [0.25, 0.3) is 0 Å². The molecule has 0 aliphatic heterocycles. The van der Waals surface area contributed by atoms with Crippen LogP contribution in [-0.2, 0) is 0 Å². The van der Waals surface area contributed by atoms with Gasteiger partial charge in [0.1, 0.15) is 0 Å². The highest BCUT2D eigenvalue weighted by molar-refractivity contribution is 9.10. The van der Waals surface area contributed by atoms with Gasteiger partial charge in [-0.1, -0.05) is 57.3 Å². The first kappa shape index (κ1) is 15.2. The molecule has 1 atom stereocenters. The Kier molecular flexibility index (Phi) is 5.60. The van der Waals surface area contributed by atoms with Gasteiger partial charge in [-0.3, -0.25) is 0 Å². The molecule has 2 aromatic rings. The number of halogens is 3. The molecular weight excluding hydrogens is 365 g/mol. The summed E-state index contributed by atoms with van der Waals surface area (Å²) in [6, 6.07) is 13.5. The summed E-state index contributed by atoms with van der Waals surface area (Å²) in [5, 5.41) is 1.09. The molecule has 19 heavy (non-hydrogen) atoms. The molecule has 0 aromatic heterocycles. The van der Waals surface area contributed by atoms with E-state index in [2.05, 4.69) is 28.1 Å². The molecule has 2 N–H and O–H groups in total. The van der Waals surface area contributed by atoms with Crippen molar-refractivity contribution in [2.75, 3.05) is 5.75 Å². The molecule has 100 valence electrons. The van der Waals surface area contributed by atoms with Crippen molar-refractivity contribution in [2.24, 2.45) is 5.73 Å². The van der Waals surface area contributed by atoms with Gasteiger partial charge in [-0.05, 0) is 29.8 Å². The molecule has 1 unspecified atom stereocenters. The first-order valence-electron chi connectivity index (χ1n) is 5.66. The Balaban J connectivity index is 2.05. The largest absolute Gasteiger partial charge is 0.323 e. The van der Waals surface area contributed by atoms with Crippen LogP contribution in [0.2, 0.25) is 10.0 Å². The van der Waals surface area contributed by atoms with Crippen LogP contribution in [0, 0.1) is 0 Å². The molecular formula is C14H12BrCl2NS. The first-order valence-corrected chi connectivity index (χ1v) is 8.19. The normalized spacial score (nSPS) is 12.4. The molecule has 1 nitrogen and oxygen atoms in total. The number of hydrogen-bond donors (Lipinski definition) is 1. The Morgan fingerprint density at radius 2 is 1.89 bits per heavy atom. The molecule has 5 heteroatoms. The topological polar surface area (TPSA) is 26.0 Å². The van der Waals surface area contributed by atoms with Crippen molar-refractivity contribution < 1.29 is 0 Å². The average molecular weight is 377 g/mol. The van der Waals surface area contributed by atoms with Crippen LogP contribution in [0.15, 0.2) is 51.8 Å². The molecule has 2 rings (SSSR count). The third kappa shape index (κ3) is 4.14. The highest BCUT2D eigenvalue weighted by atomic mass is 79.9. The maximum absolute atomic E-state index is 6.17. The number of hydrogen-bond acceptors (Lipinski definition) is 2. The standard InChI is InChI=1S/C14H12BrCl2NS/c15-9-3-1-4-10(7-9)19-8-13(18)11-5-2-6-12(16)14(11)17/h1-7,13H,8,18H2. The van der Waals surface area contributed by atoms with Crippen molar-refractivity contribution in [3.05, 3.63) is 62.5 Å². The monoisotopic (exact) mass is 375 g/mol. The Bertz CT molecular complexity index is 577. The van der Waals surface area contributed by atoms with E-state index in [0.29, 0.717) is 10.0 Å². The van der Waals surface area contributed by atoms with Gasteiger partial charge in [0.2, 0.25) is 0 Å². The second-order valence-electron chi connectivity index (χ2n) is 4.02. The zero-order chi connectivity index (χ0) is 13.8. The summed E-state index contributed by atoms with van der Waals surface area (Å²) in [4.78, 5) is 1.17. The van der Waals surface area contributed by atoms with E-state index in [1.165, 1.54) is 4.90 Å². The minimum absolute atomic E-state index is 0.143. The van der Waals surface area contributed by atoms with Gasteiger partial charge < -0.3 is 5.73 Å². The molecule has 0 amide bonds. The van der Waals surface area contributed by atoms with E-state index in [4.69, 9.17) is 28.9 Å². The maximum atomic E-state index is 6.17. The van der Waals surface area contributed by atoms with Gasteiger partial charge >= 0.3 is 0 Å². The van der Waals surface area contributed by atoms with Crippen molar-refractivity contribution in [1.29, 1.82) is 0 Å². The molecule has 0 saturated carbocycles. The number of thioether (sulfide) groups is 1. The molecule has 2 aromatic carbocycles. The van der Waals surface area contributed by atoms with Gasteiger partial charge in [-0.2, -0.15) is 0 Å². The molecule has 0 saturated heterocycles. The Hall–Kier alpha value is -0.190. The summed E-state index contributed by atoms with van der Waals surface area (Å²) in [6.07, 6.45) is 0. The third-order valence-electron chi connectivity index (χ3n) is 2.61. The van der Waals surface area contributed by atoms with E-state index < -0.39 is 0 Å². The lowest BCUT2D eigenvalue weighted by Gasteiger charge is -2.14. The predicted octanol–water partition coefficient (Wildman–Crippen LogP) is 5.55. The van der Waals surface area contributed by atoms with E-state index in [1.807, 2.05) is 24.3 Å². The SMILES string of the molecule is NC(CSc1cccc(Br)c1)c1cccc(Cl)c1Cl. The number of benzene rings is 2. The van der Waals surface area contributed by atoms with Crippen LogP contribution in [0.4, 0.5) is 0 Å². The van der Waals surface area contributed by atoms with E-state index in [0.717, 1.165) is 15.8 Å². The summed E-state index contributed by atoms with van der Waals surface area (Å²) in [7, 11) is 0. The van der Waals surface area contributed by atoms with Gasteiger partial charge in [-0.25, -0.2) is 0 Å². The lowest BCUT2D eigenvalue weighted by molar-refractivity contribution is 0.831. The number of rotatable bonds is 4. The van der Waals surface area contributed by atoms with Crippen LogP contribution in [0.3, 0.4) is 0 Å². The second kappa shape index (κ2) is 7.00. The number of nitrogens with two attached hydrogens (primary N) is 1. The fourth-order valence-corrected chi connectivity index (χ4v) is 3.57. The Morgan fingerprint density at radius 1 is 1.16 bits per heavy atom. The highest BCUT2D eigenvalue weighted by Crippen LogP contribution is 2.32. The molecule has 0 radical (unpaired) electrons. The lowest BCUT2D eigenvalue weighted by Crippen LogP contribution is -2.13. The summed E-state index contributed by atoms with van der Waals surface area (Å²) >= 11 is 17.3. The molecule has 0 fully saturated rings. The van der Waals surface area contributed by atoms with Crippen molar-refractivity contribution in [3.63, 3.8) is 0 Å². The Labute approximate surface area is 135 Å². The van der Waals surface area contributed by atoms with E-state index in [9.17, 15) is 0 Å². The zero-order valence-electron chi connectivity index (χ0n) is 9.95. The smallest absolute Gasteiger partial charge is 0.0640 e. The molecule has 0 spiro atoms. The lowest BCUT2D eigenvalue weighted by atomic mass is 10.1. The quantitative estimate of drug-likeness (QED) is 0.708. The molecule has 0 heterocycles. The van der Waals surface area contributed by atoms with Crippen LogP contribution >= 0.6 is 50.9 Å². The Morgan fingerprint density at radius 3 is 2.63 bits per heavy atom. The van der Waals surface area contributed by atoms with Crippen molar-refractivity contribution in [1.82, 2.24) is 0 Å². The fourth-order valence-electron chi connectivity index (χ4n) is 1.64.